The summed E-state index contributed by atoms with van der Waals surface area (Å²) in [5.74, 6) is 0. The molecule has 0 unspecified atom stereocenters. The van der Waals surface area contributed by atoms with E-state index in [1.54, 1.807) is 0 Å². The molecule has 0 aromatic rings. The lowest BCUT2D eigenvalue weighted by molar-refractivity contribution is 0.209. The minimum atomic E-state index is 0.0930. The van der Waals surface area contributed by atoms with Gasteiger partial charge in [0.25, 0.3) is 0 Å². The van der Waals surface area contributed by atoms with Gasteiger partial charge in [0.15, 0.2) is 0 Å². The molecule has 0 radical (unpaired) electrons. The van der Waals surface area contributed by atoms with E-state index in [4.69, 9.17) is 0 Å². The molecule has 1 rings (SSSR count). The minimum absolute atomic E-state index is 0.0930. The molecule has 4 nitrogen and oxygen atoms in total. The molecule has 0 bridgehead atoms. The Labute approximate surface area is 79.7 Å². The number of amides is 2. The highest BCUT2D eigenvalue weighted by Crippen LogP contribution is 2.06. The van der Waals surface area contributed by atoms with Crippen molar-refractivity contribution in [3.8, 4) is 0 Å². The van der Waals surface area contributed by atoms with Crippen LogP contribution < -0.4 is 10.6 Å². The van der Waals surface area contributed by atoms with Crippen molar-refractivity contribution >= 4 is 6.03 Å². The van der Waals surface area contributed by atoms with E-state index in [1.165, 1.54) is 0 Å². The number of hydrogen-bond acceptors (Lipinski definition) is 2. The zero-order valence-electron chi connectivity index (χ0n) is 8.31. The Morgan fingerprint density at radius 2 is 2.00 bits per heavy atom. The third-order valence-corrected chi connectivity index (χ3v) is 2.22. The Morgan fingerprint density at radius 1 is 1.31 bits per heavy atom. The molecule has 0 spiro atoms. The highest BCUT2D eigenvalue weighted by Gasteiger charge is 2.16. The maximum Gasteiger partial charge on any atom is 0.317 e. The van der Waals surface area contributed by atoms with Crippen molar-refractivity contribution in [3.05, 3.63) is 0 Å². The van der Waals surface area contributed by atoms with Crippen molar-refractivity contribution in [2.75, 3.05) is 32.7 Å². The number of urea groups is 1. The van der Waals surface area contributed by atoms with E-state index in [0.717, 1.165) is 45.6 Å². The Balaban J connectivity index is 2.03. The first-order valence-corrected chi connectivity index (χ1v) is 5.08. The van der Waals surface area contributed by atoms with Crippen molar-refractivity contribution in [1.82, 2.24) is 15.5 Å². The highest BCUT2D eigenvalue weighted by atomic mass is 16.2. The van der Waals surface area contributed by atoms with Crippen LogP contribution in [-0.2, 0) is 0 Å². The van der Waals surface area contributed by atoms with Gasteiger partial charge in [-0.3, -0.25) is 0 Å². The summed E-state index contributed by atoms with van der Waals surface area (Å²) in [6.45, 7) is 6.45. The second-order valence-corrected chi connectivity index (χ2v) is 3.28. The summed E-state index contributed by atoms with van der Waals surface area (Å²) < 4.78 is 0. The number of nitrogens with one attached hydrogen (secondary N) is 2. The molecule has 13 heavy (non-hydrogen) atoms. The van der Waals surface area contributed by atoms with Crippen molar-refractivity contribution < 1.29 is 4.79 Å². The molecule has 1 fully saturated rings. The molecule has 2 amide bonds. The van der Waals surface area contributed by atoms with Crippen molar-refractivity contribution in [1.29, 1.82) is 0 Å². The molecule has 1 heterocycles. The number of likely N-dealkylation sites (tertiary alicyclic amines) is 1. The highest BCUT2D eigenvalue weighted by molar-refractivity contribution is 5.74. The first-order valence-electron chi connectivity index (χ1n) is 5.08. The third-order valence-electron chi connectivity index (χ3n) is 2.22. The molecule has 1 aliphatic heterocycles. The summed E-state index contributed by atoms with van der Waals surface area (Å²) >= 11 is 0. The Bertz CT molecular complexity index is 155. The second-order valence-electron chi connectivity index (χ2n) is 3.28. The number of nitrogens with zero attached hydrogens (tertiary/aromatic N) is 1. The van der Waals surface area contributed by atoms with Gasteiger partial charge in [0, 0.05) is 26.2 Å². The summed E-state index contributed by atoms with van der Waals surface area (Å²) in [6.07, 6.45) is 2.31. The SMILES string of the molecule is CCNCCNC(=O)N1CCCC1. The topological polar surface area (TPSA) is 44.4 Å². The van der Waals surface area contributed by atoms with Gasteiger partial charge in [-0.25, -0.2) is 4.79 Å². The van der Waals surface area contributed by atoms with E-state index in [0.29, 0.717) is 0 Å². The summed E-state index contributed by atoms with van der Waals surface area (Å²) in [4.78, 5) is 13.3. The molecule has 0 aliphatic carbocycles. The molecular weight excluding hydrogens is 166 g/mol. The van der Waals surface area contributed by atoms with E-state index in [9.17, 15) is 4.79 Å². The molecule has 0 saturated carbocycles. The Kier molecular flexibility index (Phi) is 4.60. The van der Waals surface area contributed by atoms with Crippen molar-refractivity contribution in [2.45, 2.75) is 19.8 Å². The van der Waals surface area contributed by atoms with Crippen LogP contribution in [0.15, 0.2) is 0 Å². The summed E-state index contributed by atoms with van der Waals surface area (Å²) in [5.41, 5.74) is 0. The van der Waals surface area contributed by atoms with Crippen LogP contribution >= 0.6 is 0 Å². The maximum absolute atomic E-state index is 11.4. The van der Waals surface area contributed by atoms with Gasteiger partial charge < -0.3 is 15.5 Å². The van der Waals surface area contributed by atoms with E-state index in [2.05, 4.69) is 17.6 Å². The van der Waals surface area contributed by atoms with Gasteiger partial charge in [0.05, 0.1) is 0 Å². The fraction of sp³-hybridized carbons (Fsp3) is 0.889. The molecule has 0 aromatic heterocycles. The molecule has 2 N–H and O–H groups in total. The molecule has 4 heteroatoms. The number of hydrogen-bond donors (Lipinski definition) is 2. The fourth-order valence-electron chi connectivity index (χ4n) is 1.47. The van der Waals surface area contributed by atoms with E-state index >= 15 is 0 Å². The van der Waals surface area contributed by atoms with E-state index < -0.39 is 0 Å². The molecule has 0 atom stereocenters. The molecule has 1 aliphatic rings. The largest absolute Gasteiger partial charge is 0.337 e. The monoisotopic (exact) mass is 185 g/mol. The average Bonchev–Trinajstić information content (AvgIpc) is 2.65. The maximum atomic E-state index is 11.4. The van der Waals surface area contributed by atoms with Gasteiger partial charge in [-0.2, -0.15) is 0 Å². The smallest absolute Gasteiger partial charge is 0.317 e. The molecular formula is C9H19N3O. The summed E-state index contributed by atoms with van der Waals surface area (Å²) in [5, 5.41) is 6.04. The van der Waals surface area contributed by atoms with Crippen LogP contribution in [0.2, 0.25) is 0 Å². The lowest BCUT2D eigenvalue weighted by Crippen LogP contribution is -2.40. The van der Waals surface area contributed by atoms with E-state index in [-0.39, 0.29) is 6.03 Å². The quantitative estimate of drug-likeness (QED) is 0.623. The van der Waals surface area contributed by atoms with Gasteiger partial charge in [-0.15, -0.1) is 0 Å². The lowest BCUT2D eigenvalue weighted by atomic mass is 10.4. The van der Waals surface area contributed by atoms with Crippen LogP contribution in [0.4, 0.5) is 4.79 Å². The standard InChI is InChI=1S/C9H19N3O/c1-2-10-5-6-11-9(13)12-7-3-4-8-12/h10H,2-8H2,1H3,(H,11,13). The van der Waals surface area contributed by atoms with Crippen LogP contribution in [0.25, 0.3) is 0 Å². The van der Waals surface area contributed by atoms with Crippen LogP contribution in [0.5, 0.6) is 0 Å². The molecule has 0 aromatic carbocycles. The second kappa shape index (κ2) is 5.80. The average molecular weight is 185 g/mol. The summed E-state index contributed by atoms with van der Waals surface area (Å²) in [6, 6.07) is 0.0930. The number of carbonyl (C=O) groups excluding carboxylic acids is 1. The van der Waals surface area contributed by atoms with E-state index in [1.807, 2.05) is 4.90 Å². The zero-order valence-corrected chi connectivity index (χ0v) is 8.31. The minimum Gasteiger partial charge on any atom is -0.337 e. The molecule has 1 saturated heterocycles. The first-order chi connectivity index (χ1) is 6.34. The van der Waals surface area contributed by atoms with Gasteiger partial charge in [-0.1, -0.05) is 6.92 Å². The normalized spacial score (nSPS) is 16.2. The van der Waals surface area contributed by atoms with Crippen molar-refractivity contribution in [3.63, 3.8) is 0 Å². The van der Waals surface area contributed by atoms with Gasteiger partial charge in [0.2, 0.25) is 0 Å². The van der Waals surface area contributed by atoms with Crippen LogP contribution in [0.3, 0.4) is 0 Å². The molecule has 76 valence electrons. The van der Waals surface area contributed by atoms with Gasteiger partial charge >= 0.3 is 6.03 Å². The number of carbonyl (C=O) groups is 1. The fourth-order valence-corrected chi connectivity index (χ4v) is 1.47. The lowest BCUT2D eigenvalue weighted by Gasteiger charge is -2.15. The first kappa shape index (κ1) is 10.3. The predicted octanol–water partition coefficient (Wildman–Crippen LogP) is 0.401. The number of rotatable bonds is 4. The summed E-state index contributed by atoms with van der Waals surface area (Å²) in [7, 11) is 0. The van der Waals surface area contributed by atoms with Crippen molar-refractivity contribution in [2.24, 2.45) is 0 Å². The predicted molar refractivity (Wildman–Crippen MR) is 52.7 cm³/mol. The Morgan fingerprint density at radius 3 is 2.62 bits per heavy atom. The Hall–Kier alpha value is -0.770. The van der Waals surface area contributed by atoms with Crippen LogP contribution in [-0.4, -0.2) is 43.7 Å². The van der Waals surface area contributed by atoms with Crippen LogP contribution in [0, 0.1) is 0 Å². The van der Waals surface area contributed by atoms with Crippen LogP contribution in [0.1, 0.15) is 19.8 Å². The van der Waals surface area contributed by atoms with Gasteiger partial charge in [0.1, 0.15) is 0 Å². The van der Waals surface area contributed by atoms with Gasteiger partial charge in [-0.05, 0) is 19.4 Å². The third kappa shape index (κ3) is 3.63. The number of likely N-dealkylation sites (N-methyl/N-ethyl adjacent to an activating group) is 1. The zero-order chi connectivity index (χ0) is 9.52.